The Labute approximate surface area is 154 Å². The van der Waals surface area contributed by atoms with Gasteiger partial charge in [0.1, 0.15) is 5.69 Å². The van der Waals surface area contributed by atoms with Gasteiger partial charge in [-0.3, -0.25) is 9.48 Å². The van der Waals surface area contributed by atoms with Crippen LogP contribution in [-0.2, 0) is 31.4 Å². The number of hydrogen-bond donors (Lipinski definition) is 0. The molecule has 0 unspecified atom stereocenters. The van der Waals surface area contributed by atoms with Crippen LogP contribution in [0, 0.1) is 5.92 Å². The average Bonchev–Trinajstić information content (AvgIpc) is 3.23. The van der Waals surface area contributed by atoms with E-state index >= 15 is 0 Å². The molecule has 0 radical (unpaired) electrons. The van der Waals surface area contributed by atoms with E-state index in [-0.39, 0.29) is 11.9 Å². The van der Waals surface area contributed by atoms with Gasteiger partial charge in [-0.1, -0.05) is 0 Å². The van der Waals surface area contributed by atoms with E-state index in [0.717, 1.165) is 36.9 Å². The van der Waals surface area contributed by atoms with Crippen molar-refractivity contribution in [2.45, 2.75) is 52.3 Å². The summed E-state index contributed by atoms with van der Waals surface area (Å²) in [5, 5.41) is 4.83. The molecule has 6 heteroatoms. The van der Waals surface area contributed by atoms with E-state index in [1.54, 1.807) is 0 Å². The van der Waals surface area contributed by atoms with Crippen LogP contribution in [0.2, 0.25) is 0 Å². The van der Waals surface area contributed by atoms with Crippen molar-refractivity contribution in [2.24, 2.45) is 13.0 Å². The molecular weight excluding hydrogens is 328 g/mol. The summed E-state index contributed by atoms with van der Waals surface area (Å²) in [7, 11) is 1.91. The lowest BCUT2D eigenvalue weighted by atomic mass is 10.0. The summed E-state index contributed by atoms with van der Waals surface area (Å²) in [6.07, 6.45) is 5.36. The molecule has 1 fully saturated rings. The van der Waals surface area contributed by atoms with E-state index in [1.165, 1.54) is 24.1 Å². The predicted molar refractivity (Wildman–Crippen MR) is 98.8 cm³/mol. The van der Waals surface area contributed by atoms with Gasteiger partial charge in [-0.15, -0.1) is 0 Å². The summed E-state index contributed by atoms with van der Waals surface area (Å²) < 4.78 is 9.85. The van der Waals surface area contributed by atoms with Crippen molar-refractivity contribution in [2.75, 3.05) is 13.2 Å². The Hall–Kier alpha value is -2.08. The van der Waals surface area contributed by atoms with Gasteiger partial charge < -0.3 is 14.2 Å². The first-order valence-corrected chi connectivity index (χ1v) is 9.62. The lowest BCUT2D eigenvalue weighted by Gasteiger charge is -2.28. The smallest absolute Gasteiger partial charge is 0.270 e. The van der Waals surface area contributed by atoms with E-state index in [0.29, 0.717) is 13.2 Å². The van der Waals surface area contributed by atoms with Crippen molar-refractivity contribution in [3.8, 4) is 0 Å². The predicted octanol–water partition coefficient (Wildman–Crippen LogP) is 2.93. The summed E-state index contributed by atoms with van der Waals surface area (Å²) in [6, 6.07) is 4.07. The van der Waals surface area contributed by atoms with Crippen molar-refractivity contribution in [3.63, 3.8) is 0 Å². The van der Waals surface area contributed by atoms with Gasteiger partial charge in [-0.2, -0.15) is 5.10 Å². The molecule has 4 rings (SSSR count). The van der Waals surface area contributed by atoms with E-state index in [2.05, 4.69) is 18.5 Å². The van der Waals surface area contributed by atoms with E-state index < -0.39 is 0 Å². The van der Waals surface area contributed by atoms with E-state index in [9.17, 15) is 4.79 Å². The summed E-state index contributed by atoms with van der Waals surface area (Å²) in [5.41, 5.74) is 4.24. The largest absolute Gasteiger partial charge is 0.375 e. The zero-order chi connectivity index (χ0) is 18.3. The first-order chi connectivity index (χ1) is 12.5. The molecule has 2 aromatic rings. The number of fused-ring (bicyclic) bond motifs is 1. The highest BCUT2D eigenvalue weighted by Crippen LogP contribution is 2.30. The number of hydrogen-bond acceptors (Lipinski definition) is 3. The van der Waals surface area contributed by atoms with Gasteiger partial charge in [0.2, 0.25) is 0 Å². The molecule has 1 amide bonds. The summed E-state index contributed by atoms with van der Waals surface area (Å²) >= 11 is 0. The Morgan fingerprint density at radius 3 is 2.85 bits per heavy atom. The second kappa shape index (κ2) is 6.91. The number of rotatable bonds is 6. The molecule has 0 saturated heterocycles. The molecule has 0 spiro atoms. The molecule has 1 aliphatic carbocycles. The highest BCUT2D eigenvalue weighted by Gasteiger charge is 2.29. The van der Waals surface area contributed by atoms with Crippen LogP contribution >= 0.6 is 0 Å². The fourth-order valence-corrected chi connectivity index (χ4v) is 3.69. The number of ether oxygens (including phenoxy) is 1. The number of nitrogens with zero attached hydrogens (tertiary/aromatic N) is 4. The van der Waals surface area contributed by atoms with Crippen LogP contribution in [0.5, 0.6) is 0 Å². The number of carbonyl (C=O) groups excluding carboxylic acids is 1. The number of aromatic nitrogens is 3. The molecule has 0 aromatic carbocycles. The van der Waals surface area contributed by atoms with Gasteiger partial charge >= 0.3 is 0 Å². The van der Waals surface area contributed by atoms with Crippen LogP contribution < -0.4 is 0 Å². The maximum atomic E-state index is 12.9. The highest BCUT2D eigenvalue weighted by atomic mass is 16.5. The van der Waals surface area contributed by atoms with Crippen LogP contribution in [0.4, 0.5) is 0 Å². The standard InChI is InChI=1S/C20H28N4O2/c1-14(2)24-19-11-23(20(25)18-5-4-9-22(18)3)10-8-16(19)17(21-24)13-26-12-15-6-7-15/h4-5,9,14-15H,6-8,10-13H2,1-3H3. The highest BCUT2D eigenvalue weighted by molar-refractivity contribution is 5.92. The fourth-order valence-electron chi connectivity index (χ4n) is 3.69. The Balaban J connectivity index is 1.54. The monoisotopic (exact) mass is 356 g/mol. The molecule has 1 saturated carbocycles. The Morgan fingerprint density at radius 1 is 1.38 bits per heavy atom. The van der Waals surface area contributed by atoms with Crippen LogP contribution in [0.25, 0.3) is 0 Å². The second-order valence-electron chi connectivity index (χ2n) is 7.85. The molecule has 140 valence electrons. The zero-order valence-corrected chi connectivity index (χ0v) is 15.9. The third-order valence-corrected chi connectivity index (χ3v) is 5.40. The molecular formula is C20H28N4O2. The topological polar surface area (TPSA) is 52.3 Å². The van der Waals surface area contributed by atoms with Gasteiger partial charge in [-0.25, -0.2) is 0 Å². The Bertz CT molecular complexity index is 801. The van der Waals surface area contributed by atoms with Crippen LogP contribution in [0.15, 0.2) is 18.3 Å². The maximum absolute atomic E-state index is 12.9. The molecule has 1 aliphatic heterocycles. The third-order valence-electron chi connectivity index (χ3n) is 5.40. The minimum atomic E-state index is 0.0891. The van der Waals surface area contributed by atoms with Gasteiger partial charge in [0.25, 0.3) is 5.91 Å². The van der Waals surface area contributed by atoms with Crippen molar-refractivity contribution < 1.29 is 9.53 Å². The van der Waals surface area contributed by atoms with Gasteiger partial charge in [-0.05, 0) is 51.2 Å². The Kier molecular flexibility index (Phi) is 4.61. The van der Waals surface area contributed by atoms with Crippen LogP contribution in [-0.4, -0.2) is 38.3 Å². The molecule has 0 atom stereocenters. The molecule has 0 N–H and O–H groups in total. The second-order valence-corrected chi connectivity index (χ2v) is 7.85. The summed E-state index contributed by atoms with van der Waals surface area (Å²) in [6.45, 7) is 7.06. The van der Waals surface area contributed by atoms with Gasteiger partial charge in [0, 0.05) is 38.0 Å². The summed E-state index contributed by atoms with van der Waals surface area (Å²) in [4.78, 5) is 14.8. The summed E-state index contributed by atoms with van der Waals surface area (Å²) in [5.74, 6) is 0.850. The van der Waals surface area contributed by atoms with E-state index in [1.807, 2.05) is 34.8 Å². The fraction of sp³-hybridized carbons (Fsp3) is 0.600. The van der Waals surface area contributed by atoms with Crippen molar-refractivity contribution in [1.82, 2.24) is 19.2 Å². The Morgan fingerprint density at radius 2 is 2.19 bits per heavy atom. The lowest BCUT2D eigenvalue weighted by Crippen LogP contribution is -2.37. The zero-order valence-electron chi connectivity index (χ0n) is 15.9. The van der Waals surface area contributed by atoms with E-state index in [4.69, 9.17) is 9.84 Å². The van der Waals surface area contributed by atoms with Crippen molar-refractivity contribution in [1.29, 1.82) is 0 Å². The van der Waals surface area contributed by atoms with Crippen LogP contribution in [0.3, 0.4) is 0 Å². The number of carbonyl (C=O) groups is 1. The SMILES string of the molecule is CC(C)n1nc(COCC2CC2)c2c1CN(C(=O)c1cccn1C)CC2. The number of aryl methyl sites for hydroxylation is 1. The van der Waals surface area contributed by atoms with Gasteiger partial charge in [0.15, 0.2) is 0 Å². The molecule has 26 heavy (non-hydrogen) atoms. The third kappa shape index (κ3) is 3.30. The lowest BCUT2D eigenvalue weighted by molar-refractivity contribution is 0.0718. The minimum absolute atomic E-state index is 0.0891. The van der Waals surface area contributed by atoms with Crippen molar-refractivity contribution >= 4 is 5.91 Å². The number of amides is 1. The molecule has 2 aromatic heterocycles. The first-order valence-electron chi connectivity index (χ1n) is 9.62. The normalized spacial score (nSPS) is 17.0. The van der Waals surface area contributed by atoms with Crippen molar-refractivity contribution in [3.05, 3.63) is 41.0 Å². The first kappa shape index (κ1) is 17.3. The molecule has 3 heterocycles. The average molecular weight is 356 g/mol. The minimum Gasteiger partial charge on any atom is -0.375 e. The quantitative estimate of drug-likeness (QED) is 0.800. The molecule has 6 nitrogen and oxygen atoms in total. The maximum Gasteiger partial charge on any atom is 0.270 e. The van der Waals surface area contributed by atoms with Crippen LogP contribution in [0.1, 0.15) is 60.2 Å². The molecule has 0 bridgehead atoms. The van der Waals surface area contributed by atoms with Gasteiger partial charge in [0.05, 0.1) is 24.5 Å². The molecule has 2 aliphatic rings.